The molecule has 0 heterocycles. The summed E-state index contributed by atoms with van der Waals surface area (Å²) in [6.07, 6.45) is 16.8. The van der Waals surface area contributed by atoms with Crippen LogP contribution in [0.5, 0.6) is 0 Å². The van der Waals surface area contributed by atoms with Crippen LogP contribution in [0.1, 0.15) is 146 Å². The molecule has 0 saturated heterocycles. The fourth-order valence-electron chi connectivity index (χ4n) is 4.38. The molecule has 0 spiro atoms. The fourth-order valence-corrected chi connectivity index (χ4v) is 4.38. The SMILES string of the molecule is C=C(CC)/C(=C\C=C/C)c1ccc(C)c(C(C)=Nc2ccc(C(C)=O)cc2C)c1.CCCCC.CCCCCC(C)C. The molecule has 2 nitrogen and oxygen atoms in total. The van der Waals surface area contributed by atoms with E-state index in [4.69, 9.17) is 4.99 Å². The maximum atomic E-state index is 11.6. The summed E-state index contributed by atoms with van der Waals surface area (Å²) < 4.78 is 0. The zero-order valence-electron chi connectivity index (χ0n) is 29.0. The number of nitrogens with zero attached hydrogens (tertiary/aromatic N) is 1. The molecule has 0 unspecified atom stereocenters. The van der Waals surface area contributed by atoms with Crippen LogP contribution in [-0.4, -0.2) is 11.5 Å². The average molecular weight is 572 g/mol. The zero-order valence-corrected chi connectivity index (χ0v) is 29.0. The van der Waals surface area contributed by atoms with Crippen molar-refractivity contribution in [3.8, 4) is 0 Å². The number of aryl methyl sites for hydroxylation is 2. The molecule has 2 heteroatoms. The van der Waals surface area contributed by atoms with E-state index in [2.05, 4.69) is 85.4 Å². The lowest BCUT2D eigenvalue weighted by molar-refractivity contribution is 0.101. The van der Waals surface area contributed by atoms with Crippen molar-refractivity contribution in [1.82, 2.24) is 0 Å². The van der Waals surface area contributed by atoms with Gasteiger partial charge in [0.25, 0.3) is 0 Å². The maximum absolute atomic E-state index is 11.6. The number of carbonyl (C=O) groups excluding carboxylic acids is 1. The van der Waals surface area contributed by atoms with Gasteiger partial charge in [-0.25, -0.2) is 0 Å². The molecule has 0 N–H and O–H groups in total. The van der Waals surface area contributed by atoms with Crippen LogP contribution in [0.2, 0.25) is 0 Å². The smallest absolute Gasteiger partial charge is 0.159 e. The molecule has 0 amide bonds. The normalized spacial score (nSPS) is 11.6. The third-order valence-electron chi connectivity index (χ3n) is 7.18. The molecule has 0 aromatic heterocycles. The standard InChI is InChI=1S/C27H31NO.C8H18.C5H12/c1-8-10-11-25(18(3)9-2)24-13-12-19(4)26(17-24)21(6)28-27-15-14-23(22(7)29)16-20(27)5;1-4-5-6-7-8(2)3;1-3-5-4-2/h8,10-17H,3,9H2,1-2,4-7H3;8H,4-7H2,1-3H3;3-5H2,1-2H3/b10-8-,25-11+,28-21?;;. The van der Waals surface area contributed by atoms with Crippen LogP contribution in [0.3, 0.4) is 0 Å². The van der Waals surface area contributed by atoms with Crippen molar-refractivity contribution in [2.45, 2.75) is 128 Å². The maximum Gasteiger partial charge on any atom is 0.159 e. The van der Waals surface area contributed by atoms with Crippen molar-refractivity contribution in [1.29, 1.82) is 0 Å². The Morgan fingerprint density at radius 2 is 1.48 bits per heavy atom. The second-order valence-electron chi connectivity index (χ2n) is 11.6. The Hall–Kier alpha value is -3.00. The number of hydrogen-bond acceptors (Lipinski definition) is 2. The minimum atomic E-state index is 0.0699. The lowest BCUT2D eigenvalue weighted by Crippen LogP contribution is -2.01. The molecular formula is C40H61NO. The molecule has 0 fully saturated rings. The molecule has 232 valence electrons. The van der Waals surface area contributed by atoms with E-state index in [1.807, 2.05) is 45.0 Å². The largest absolute Gasteiger partial charge is 0.295 e. The first-order valence-electron chi connectivity index (χ1n) is 16.3. The Morgan fingerprint density at radius 1 is 0.857 bits per heavy atom. The molecule has 0 aliphatic carbocycles. The van der Waals surface area contributed by atoms with Gasteiger partial charge in [-0.3, -0.25) is 9.79 Å². The summed E-state index contributed by atoms with van der Waals surface area (Å²) in [7, 11) is 0. The molecule has 0 bridgehead atoms. The molecule has 2 aromatic rings. The van der Waals surface area contributed by atoms with E-state index in [-0.39, 0.29) is 5.78 Å². The second-order valence-corrected chi connectivity index (χ2v) is 11.6. The van der Waals surface area contributed by atoms with Gasteiger partial charge in [-0.05, 0) is 105 Å². The highest BCUT2D eigenvalue weighted by Crippen LogP contribution is 2.28. The second kappa shape index (κ2) is 22.6. The van der Waals surface area contributed by atoms with Crippen LogP contribution in [-0.2, 0) is 0 Å². The third-order valence-corrected chi connectivity index (χ3v) is 7.18. The number of allylic oxidation sites excluding steroid dienone is 5. The number of carbonyl (C=O) groups is 1. The Labute approximate surface area is 260 Å². The third kappa shape index (κ3) is 15.3. The fraction of sp³-hybridized carbons (Fsp3) is 0.500. The first-order valence-corrected chi connectivity index (χ1v) is 16.3. The van der Waals surface area contributed by atoms with Crippen molar-refractivity contribution in [2.75, 3.05) is 0 Å². The summed E-state index contributed by atoms with van der Waals surface area (Å²) in [4.78, 5) is 16.5. The van der Waals surface area contributed by atoms with Crippen LogP contribution < -0.4 is 0 Å². The van der Waals surface area contributed by atoms with Crippen LogP contribution in [0.15, 0.2) is 71.8 Å². The Kier molecular flexibility index (Phi) is 21.0. The van der Waals surface area contributed by atoms with Crippen LogP contribution in [0, 0.1) is 19.8 Å². The van der Waals surface area contributed by atoms with Gasteiger partial charge in [-0.2, -0.15) is 0 Å². The quantitative estimate of drug-likeness (QED) is 0.102. The van der Waals surface area contributed by atoms with E-state index in [1.54, 1.807) is 6.92 Å². The predicted octanol–water partition coefficient (Wildman–Crippen LogP) is 13.0. The van der Waals surface area contributed by atoms with E-state index >= 15 is 0 Å². The summed E-state index contributed by atoms with van der Waals surface area (Å²) >= 11 is 0. The topological polar surface area (TPSA) is 29.4 Å². The highest BCUT2D eigenvalue weighted by Gasteiger charge is 2.10. The van der Waals surface area contributed by atoms with Gasteiger partial charge in [0.05, 0.1) is 5.69 Å². The highest BCUT2D eigenvalue weighted by molar-refractivity contribution is 6.03. The minimum Gasteiger partial charge on any atom is -0.295 e. The molecule has 0 radical (unpaired) electrons. The van der Waals surface area contributed by atoms with Gasteiger partial charge in [0.1, 0.15) is 0 Å². The molecule has 2 rings (SSSR count). The number of hydrogen-bond donors (Lipinski definition) is 0. The number of Topliss-reactive ketones (excluding diaryl/α,β-unsaturated/α-hetero) is 1. The van der Waals surface area contributed by atoms with Crippen molar-refractivity contribution in [3.05, 3.63) is 94.6 Å². The number of rotatable bonds is 13. The van der Waals surface area contributed by atoms with Gasteiger partial charge < -0.3 is 0 Å². The molecule has 0 atom stereocenters. The number of aliphatic imine (C=N–C) groups is 1. The monoisotopic (exact) mass is 571 g/mol. The van der Waals surface area contributed by atoms with Gasteiger partial charge in [-0.15, -0.1) is 0 Å². The number of benzene rings is 2. The van der Waals surface area contributed by atoms with E-state index in [0.29, 0.717) is 5.56 Å². The predicted molar refractivity (Wildman–Crippen MR) is 191 cm³/mol. The van der Waals surface area contributed by atoms with Gasteiger partial charge in [0.15, 0.2) is 5.78 Å². The first kappa shape index (κ1) is 39.0. The van der Waals surface area contributed by atoms with Gasteiger partial charge in [-0.1, -0.05) is 123 Å². The summed E-state index contributed by atoms with van der Waals surface area (Å²) in [5.74, 6) is 0.974. The highest BCUT2D eigenvalue weighted by atomic mass is 16.1. The lowest BCUT2D eigenvalue weighted by atomic mass is 9.92. The van der Waals surface area contributed by atoms with Crippen molar-refractivity contribution in [3.63, 3.8) is 0 Å². The molecule has 2 aromatic carbocycles. The van der Waals surface area contributed by atoms with Crippen molar-refractivity contribution >= 4 is 22.8 Å². The first-order chi connectivity index (χ1) is 20.0. The molecule has 0 aliphatic heterocycles. The molecule has 0 aliphatic rings. The summed E-state index contributed by atoms with van der Waals surface area (Å²) in [5, 5.41) is 0. The van der Waals surface area contributed by atoms with Crippen LogP contribution in [0.4, 0.5) is 5.69 Å². The number of ketones is 1. The molecule has 0 saturated carbocycles. The van der Waals surface area contributed by atoms with Gasteiger partial charge in [0, 0.05) is 11.3 Å². The summed E-state index contributed by atoms with van der Waals surface area (Å²) in [6.45, 7) is 27.3. The van der Waals surface area contributed by atoms with E-state index < -0.39 is 0 Å². The van der Waals surface area contributed by atoms with Crippen LogP contribution >= 0.6 is 0 Å². The van der Waals surface area contributed by atoms with E-state index in [1.165, 1.54) is 50.5 Å². The molecular weight excluding hydrogens is 510 g/mol. The Balaban J connectivity index is 0.00000107. The van der Waals surface area contributed by atoms with Gasteiger partial charge >= 0.3 is 0 Å². The van der Waals surface area contributed by atoms with Crippen molar-refractivity contribution in [2.24, 2.45) is 10.9 Å². The van der Waals surface area contributed by atoms with E-state index in [0.717, 1.165) is 51.6 Å². The molecule has 42 heavy (non-hydrogen) atoms. The Morgan fingerprint density at radius 3 is 1.95 bits per heavy atom. The van der Waals surface area contributed by atoms with Crippen molar-refractivity contribution < 1.29 is 4.79 Å². The van der Waals surface area contributed by atoms with Crippen LogP contribution in [0.25, 0.3) is 5.57 Å². The summed E-state index contributed by atoms with van der Waals surface area (Å²) in [6, 6.07) is 12.2. The number of unbranched alkanes of at least 4 members (excludes halogenated alkanes) is 4. The van der Waals surface area contributed by atoms with E-state index in [9.17, 15) is 4.79 Å². The summed E-state index contributed by atoms with van der Waals surface area (Å²) in [5.41, 5.74) is 9.27. The minimum absolute atomic E-state index is 0.0699. The lowest BCUT2D eigenvalue weighted by Gasteiger charge is -2.14. The van der Waals surface area contributed by atoms with Gasteiger partial charge in [0.2, 0.25) is 0 Å². The Bertz CT molecular complexity index is 1170. The zero-order chi connectivity index (χ0) is 32.1. The average Bonchev–Trinajstić information content (AvgIpc) is 2.95.